The minimum absolute atomic E-state index is 0.0614. The van der Waals surface area contributed by atoms with Gasteiger partial charge >= 0.3 is 6.03 Å². The number of amides is 2. The Morgan fingerprint density at radius 3 is 2.15 bits per heavy atom. The van der Waals surface area contributed by atoms with Gasteiger partial charge in [0.15, 0.2) is 5.96 Å². The van der Waals surface area contributed by atoms with Crippen molar-refractivity contribution in [1.29, 1.82) is 5.41 Å². The molecule has 1 aliphatic heterocycles. The molecule has 0 aliphatic carbocycles. The predicted molar refractivity (Wildman–Crippen MR) is 49.3 cm³/mol. The quantitative estimate of drug-likeness (QED) is 0.332. The number of carbonyl (C=O) groups is 1. The van der Waals surface area contributed by atoms with E-state index in [-0.39, 0.29) is 5.96 Å². The molecule has 74 valence electrons. The third-order valence-electron chi connectivity index (χ3n) is 2.15. The number of rotatable bonds is 0. The highest BCUT2D eigenvalue weighted by molar-refractivity contribution is 5.75. The molecule has 1 aliphatic rings. The first-order valence-corrected chi connectivity index (χ1v) is 4.24. The lowest BCUT2D eigenvalue weighted by molar-refractivity contribution is 0.210. The molecule has 2 amide bonds. The molecule has 1 saturated heterocycles. The summed E-state index contributed by atoms with van der Waals surface area (Å²) in [6.45, 7) is 2.52. The van der Waals surface area contributed by atoms with Gasteiger partial charge in [0.2, 0.25) is 0 Å². The molecule has 1 heterocycles. The summed E-state index contributed by atoms with van der Waals surface area (Å²) in [7, 11) is 0. The van der Waals surface area contributed by atoms with Crippen molar-refractivity contribution in [3.63, 3.8) is 0 Å². The first-order valence-electron chi connectivity index (χ1n) is 4.24. The molecule has 0 aromatic heterocycles. The normalized spacial score (nSPS) is 18.2. The van der Waals surface area contributed by atoms with E-state index in [1.54, 1.807) is 9.80 Å². The van der Waals surface area contributed by atoms with Gasteiger partial charge in [-0.15, -0.1) is 0 Å². The topological polar surface area (TPSA) is 99.4 Å². The summed E-state index contributed by atoms with van der Waals surface area (Å²) in [6, 6.07) is -0.398. The lowest BCUT2D eigenvalue weighted by Crippen LogP contribution is -2.41. The Morgan fingerprint density at radius 2 is 1.62 bits per heavy atom. The summed E-state index contributed by atoms with van der Waals surface area (Å²) in [5, 5.41) is 7.23. The van der Waals surface area contributed by atoms with E-state index in [0.29, 0.717) is 19.6 Å². The average Bonchev–Trinajstić information content (AvgIpc) is 2.27. The van der Waals surface area contributed by atoms with Crippen molar-refractivity contribution in [2.45, 2.75) is 6.42 Å². The maximum absolute atomic E-state index is 10.8. The van der Waals surface area contributed by atoms with Gasteiger partial charge in [0.05, 0.1) is 0 Å². The zero-order chi connectivity index (χ0) is 9.84. The molecule has 0 bridgehead atoms. The van der Waals surface area contributed by atoms with E-state index >= 15 is 0 Å². The Balaban J connectivity index is 2.48. The van der Waals surface area contributed by atoms with Crippen molar-refractivity contribution in [1.82, 2.24) is 9.80 Å². The average molecular weight is 185 g/mol. The number of hydrogen-bond acceptors (Lipinski definition) is 2. The molecule has 0 aromatic rings. The minimum Gasteiger partial charge on any atom is -0.370 e. The van der Waals surface area contributed by atoms with E-state index < -0.39 is 6.03 Å². The van der Waals surface area contributed by atoms with Gasteiger partial charge in [-0.05, 0) is 6.42 Å². The lowest BCUT2D eigenvalue weighted by Gasteiger charge is -2.20. The maximum atomic E-state index is 10.8. The number of guanidine groups is 1. The Morgan fingerprint density at radius 1 is 1.08 bits per heavy atom. The maximum Gasteiger partial charge on any atom is 0.314 e. The summed E-state index contributed by atoms with van der Waals surface area (Å²) in [5.41, 5.74) is 10.5. The minimum atomic E-state index is -0.398. The van der Waals surface area contributed by atoms with Crippen LogP contribution in [0.1, 0.15) is 6.42 Å². The largest absolute Gasteiger partial charge is 0.370 e. The number of nitrogens with zero attached hydrogens (tertiary/aromatic N) is 2. The van der Waals surface area contributed by atoms with Gasteiger partial charge in [-0.3, -0.25) is 5.41 Å². The van der Waals surface area contributed by atoms with Crippen LogP contribution in [-0.2, 0) is 0 Å². The van der Waals surface area contributed by atoms with E-state index in [1.165, 1.54) is 0 Å². The predicted octanol–water partition coefficient (Wildman–Crippen LogP) is -1.03. The van der Waals surface area contributed by atoms with E-state index in [1.807, 2.05) is 0 Å². The molecule has 5 N–H and O–H groups in total. The van der Waals surface area contributed by atoms with Crippen LogP contribution < -0.4 is 11.5 Å². The van der Waals surface area contributed by atoms with Crippen molar-refractivity contribution in [3.05, 3.63) is 0 Å². The van der Waals surface area contributed by atoms with E-state index in [4.69, 9.17) is 16.9 Å². The van der Waals surface area contributed by atoms with Crippen LogP contribution in [0.25, 0.3) is 0 Å². The molecule has 0 unspecified atom stereocenters. The molecule has 1 rings (SSSR count). The SMILES string of the molecule is N=C(N)N1CCCN(C(N)=O)CC1. The fraction of sp³-hybridized carbons (Fsp3) is 0.714. The number of hydrogen-bond donors (Lipinski definition) is 3. The van der Waals surface area contributed by atoms with E-state index in [0.717, 1.165) is 13.0 Å². The Bertz CT molecular complexity index is 195. The first-order chi connectivity index (χ1) is 6.11. The van der Waals surface area contributed by atoms with Crippen LogP contribution in [-0.4, -0.2) is 48.0 Å². The first kappa shape index (κ1) is 9.63. The van der Waals surface area contributed by atoms with E-state index in [2.05, 4.69) is 0 Å². The number of urea groups is 1. The summed E-state index contributed by atoms with van der Waals surface area (Å²) in [4.78, 5) is 14.1. The molecule has 6 heteroatoms. The molecule has 0 atom stereocenters. The molecule has 0 spiro atoms. The van der Waals surface area contributed by atoms with Crippen LogP contribution in [0.5, 0.6) is 0 Å². The van der Waals surface area contributed by atoms with Gasteiger partial charge < -0.3 is 21.3 Å². The van der Waals surface area contributed by atoms with Crippen LogP contribution in [0.4, 0.5) is 4.79 Å². The Kier molecular flexibility index (Phi) is 2.94. The molecule has 13 heavy (non-hydrogen) atoms. The van der Waals surface area contributed by atoms with Crippen LogP contribution in [0.3, 0.4) is 0 Å². The van der Waals surface area contributed by atoms with E-state index in [9.17, 15) is 4.79 Å². The van der Waals surface area contributed by atoms with Crippen LogP contribution in [0.2, 0.25) is 0 Å². The van der Waals surface area contributed by atoms with Crippen molar-refractivity contribution in [2.24, 2.45) is 11.5 Å². The van der Waals surface area contributed by atoms with Crippen LogP contribution in [0, 0.1) is 5.41 Å². The highest BCUT2D eigenvalue weighted by Crippen LogP contribution is 2.01. The van der Waals surface area contributed by atoms with Crippen molar-refractivity contribution >= 4 is 12.0 Å². The zero-order valence-electron chi connectivity index (χ0n) is 7.49. The zero-order valence-corrected chi connectivity index (χ0v) is 7.49. The third kappa shape index (κ3) is 2.50. The van der Waals surface area contributed by atoms with Gasteiger partial charge in [-0.25, -0.2) is 4.79 Å². The third-order valence-corrected chi connectivity index (χ3v) is 2.15. The second-order valence-electron chi connectivity index (χ2n) is 3.05. The number of nitrogens with one attached hydrogen (secondary N) is 1. The van der Waals surface area contributed by atoms with Crippen molar-refractivity contribution in [3.8, 4) is 0 Å². The summed E-state index contributed by atoms with van der Waals surface area (Å²) in [6.07, 6.45) is 0.808. The van der Waals surface area contributed by atoms with Crippen LogP contribution >= 0.6 is 0 Å². The Labute approximate surface area is 77.0 Å². The van der Waals surface area contributed by atoms with Gasteiger partial charge in [-0.1, -0.05) is 0 Å². The molecule has 0 saturated carbocycles. The summed E-state index contributed by atoms with van der Waals surface area (Å²) < 4.78 is 0. The molecule has 0 radical (unpaired) electrons. The Hall–Kier alpha value is -1.46. The molecular formula is C7H15N5O. The van der Waals surface area contributed by atoms with Crippen molar-refractivity contribution in [2.75, 3.05) is 26.2 Å². The standard InChI is InChI=1S/C7H15N5O/c8-6(9)11-2-1-3-12(5-4-11)7(10)13/h1-5H2,(H3,8,9)(H2,10,13). The number of primary amides is 1. The molecule has 6 nitrogen and oxygen atoms in total. The second kappa shape index (κ2) is 3.97. The number of nitrogens with two attached hydrogens (primary N) is 2. The fourth-order valence-electron chi connectivity index (χ4n) is 1.38. The summed E-state index contributed by atoms with van der Waals surface area (Å²) in [5.74, 6) is 0.0614. The highest BCUT2D eigenvalue weighted by Gasteiger charge is 2.17. The highest BCUT2D eigenvalue weighted by atomic mass is 16.2. The smallest absolute Gasteiger partial charge is 0.314 e. The van der Waals surface area contributed by atoms with Crippen LogP contribution in [0.15, 0.2) is 0 Å². The molecule has 1 fully saturated rings. The second-order valence-corrected chi connectivity index (χ2v) is 3.05. The van der Waals surface area contributed by atoms with Gasteiger partial charge in [-0.2, -0.15) is 0 Å². The molecular weight excluding hydrogens is 170 g/mol. The van der Waals surface area contributed by atoms with Crippen molar-refractivity contribution < 1.29 is 4.79 Å². The lowest BCUT2D eigenvalue weighted by atomic mass is 10.4. The van der Waals surface area contributed by atoms with Gasteiger partial charge in [0.1, 0.15) is 0 Å². The molecule has 0 aromatic carbocycles. The monoisotopic (exact) mass is 185 g/mol. The number of carbonyl (C=O) groups excluding carboxylic acids is 1. The summed E-state index contributed by atoms with van der Waals surface area (Å²) >= 11 is 0. The van der Waals surface area contributed by atoms with Gasteiger partial charge in [0, 0.05) is 26.2 Å². The fourth-order valence-corrected chi connectivity index (χ4v) is 1.38. The van der Waals surface area contributed by atoms with Gasteiger partial charge in [0.25, 0.3) is 0 Å².